The molecule has 0 aromatic heterocycles. The average Bonchev–Trinajstić information content (AvgIpc) is 2.57. The van der Waals surface area contributed by atoms with Crippen LogP contribution in [-0.4, -0.2) is 25.0 Å². The highest BCUT2D eigenvalue weighted by atomic mass is 79.9. The lowest BCUT2D eigenvalue weighted by Gasteiger charge is -2.37. The lowest BCUT2D eigenvalue weighted by Crippen LogP contribution is -3.17. The first-order valence-corrected chi connectivity index (χ1v) is 9.43. The second-order valence-electron chi connectivity index (χ2n) is 6.06. The Labute approximate surface area is 156 Å². The van der Waals surface area contributed by atoms with E-state index in [0.717, 1.165) is 34.4 Å². The maximum atomic E-state index is 12.9. The fraction of sp³-hybridized carbons (Fsp3) is 0.316. The lowest BCUT2D eigenvalue weighted by molar-refractivity contribution is -0.913. The highest BCUT2D eigenvalue weighted by molar-refractivity contribution is 9.10. The van der Waals surface area contributed by atoms with Gasteiger partial charge in [0.05, 0.1) is 19.0 Å². The molecule has 0 bridgehead atoms. The molecule has 0 saturated carbocycles. The van der Waals surface area contributed by atoms with Crippen LogP contribution in [-0.2, 0) is 4.79 Å². The molecule has 1 aliphatic heterocycles. The molecule has 1 amide bonds. The lowest BCUT2D eigenvalue weighted by atomic mass is 9.80. The molecule has 0 spiro atoms. The van der Waals surface area contributed by atoms with E-state index in [2.05, 4.69) is 41.2 Å². The molecule has 1 aliphatic rings. The van der Waals surface area contributed by atoms with E-state index in [-0.39, 0.29) is 17.9 Å². The Morgan fingerprint density at radius 3 is 2.50 bits per heavy atom. The smallest absolute Gasteiger partial charge is 0.283 e. The molecule has 3 rings (SSSR count). The molecule has 0 aliphatic carbocycles. The highest BCUT2D eigenvalue weighted by Gasteiger charge is 2.43. The van der Waals surface area contributed by atoms with Crippen LogP contribution in [0.3, 0.4) is 0 Å². The summed E-state index contributed by atoms with van der Waals surface area (Å²) in [5.74, 6) is 0.00305. The summed E-state index contributed by atoms with van der Waals surface area (Å²) in [5.41, 5.74) is 3.00. The number of quaternary nitrogens is 1. The molecule has 0 radical (unpaired) electrons. The molecule has 0 fully saturated rings. The van der Waals surface area contributed by atoms with E-state index in [1.807, 2.05) is 36.4 Å². The van der Waals surface area contributed by atoms with E-state index in [4.69, 9.17) is 11.6 Å². The molecular weight excluding hydrogens is 388 g/mol. The van der Waals surface area contributed by atoms with E-state index in [1.54, 1.807) is 0 Å². The summed E-state index contributed by atoms with van der Waals surface area (Å²) >= 11 is 10.1. The van der Waals surface area contributed by atoms with Gasteiger partial charge in [0.25, 0.3) is 5.91 Å². The molecule has 2 aromatic carbocycles. The number of benzene rings is 2. The minimum absolute atomic E-state index is 0.0603. The van der Waals surface area contributed by atoms with Crippen molar-refractivity contribution in [2.24, 2.45) is 0 Å². The minimum atomic E-state index is -0.193. The SMILES string of the molecule is CC[NH+](CC)[C@@H]1C(=O)Nc2ccc(Br)cc2[C@H]1c1ccccc1Cl. The Kier molecular flexibility index (Phi) is 5.28. The number of rotatable bonds is 4. The molecule has 2 aromatic rings. The third-order valence-corrected chi connectivity index (χ3v) is 5.65. The molecule has 0 unspecified atom stereocenters. The van der Waals surface area contributed by atoms with Crippen LogP contribution in [0, 0.1) is 0 Å². The average molecular weight is 409 g/mol. The third-order valence-electron chi connectivity index (χ3n) is 4.81. The van der Waals surface area contributed by atoms with Crippen molar-refractivity contribution in [3.05, 3.63) is 63.1 Å². The second kappa shape index (κ2) is 7.26. The van der Waals surface area contributed by atoms with Gasteiger partial charge < -0.3 is 10.2 Å². The number of anilines is 1. The number of amides is 1. The zero-order chi connectivity index (χ0) is 17.3. The maximum absolute atomic E-state index is 12.9. The number of nitrogens with one attached hydrogen (secondary N) is 2. The first kappa shape index (κ1) is 17.5. The number of hydrogen-bond donors (Lipinski definition) is 2. The van der Waals surface area contributed by atoms with Crippen LogP contribution in [0.2, 0.25) is 5.02 Å². The van der Waals surface area contributed by atoms with Crippen LogP contribution >= 0.6 is 27.5 Å². The van der Waals surface area contributed by atoms with Crippen molar-refractivity contribution >= 4 is 39.1 Å². The van der Waals surface area contributed by atoms with Gasteiger partial charge in [-0.3, -0.25) is 4.79 Å². The Morgan fingerprint density at radius 2 is 1.83 bits per heavy atom. The van der Waals surface area contributed by atoms with Gasteiger partial charge in [-0.15, -0.1) is 0 Å². The number of hydrogen-bond acceptors (Lipinski definition) is 1. The summed E-state index contributed by atoms with van der Waals surface area (Å²) in [5, 5.41) is 3.79. The predicted molar refractivity (Wildman–Crippen MR) is 102 cm³/mol. The van der Waals surface area contributed by atoms with E-state index >= 15 is 0 Å². The van der Waals surface area contributed by atoms with Crippen LogP contribution in [0.4, 0.5) is 5.69 Å². The normalized spacial score (nSPS) is 20.0. The van der Waals surface area contributed by atoms with Gasteiger partial charge in [-0.2, -0.15) is 0 Å². The van der Waals surface area contributed by atoms with E-state index < -0.39 is 0 Å². The first-order chi connectivity index (χ1) is 11.6. The molecule has 126 valence electrons. The van der Waals surface area contributed by atoms with Crippen molar-refractivity contribution < 1.29 is 9.69 Å². The zero-order valence-electron chi connectivity index (χ0n) is 13.8. The molecule has 0 saturated heterocycles. The van der Waals surface area contributed by atoms with Crippen LogP contribution in [0.5, 0.6) is 0 Å². The summed E-state index contributed by atoms with van der Waals surface area (Å²) in [6.07, 6.45) is 0. The van der Waals surface area contributed by atoms with Gasteiger partial charge in [0, 0.05) is 15.2 Å². The fourth-order valence-electron chi connectivity index (χ4n) is 3.63. The Morgan fingerprint density at radius 1 is 1.12 bits per heavy atom. The summed E-state index contributed by atoms with van der Waals surface area (Å²) in [6.45, 7) is 6.01. The molecule has 24 heavy (non-hydrogen) atoms. The van der Waals surface area contributed by atoms with Crippen molar-refractivity contribution in [1.82, 2.24) is 0 Å². The van der Waals surface area contributed by atoms with Crippen molar-refractivity contribution in [3.63, 3.8) is 0 Å². The summed E-state index contributed by atoms with van der Waals surface area (Å²) in [7, 11) is 0. The third kappa shape index (κ3) is 3.10. The number of carbonyl (C=O) groups excluding carboxylic acids is 1. The first-order valence-electron chi connectivity index (χ1n) is 8.26. The Bertz CT molecular complexity index is 761. The summed E-state index contributed by atoms with van der Waals surface area (Å²) in [6, 6.07) is 13.7. The standard InChI is InChI=1S/C19H20BrClN2O/c1-3-23(4-2)18-17(13-7-5-6-8-15(13)21)14-11-12(20)9-10-16(14)22-19(18)24/h5-11,17-18H,3-4H2,1-2H3,(H,22,24)/p+1/t17-,18+/m1/s1. The quantitative estimate of drug-likeness (QED) is 0.798. The number of likely N-dealkylation sites (N-methyl/N-ethyl adjacent to an activating group) is 1. The summed E-state index contributed by atoms with van der Waals surface area (Å²) in [4.78, 5) is 14.2. The maximum Gasteiger partial charge on any atom is 0.283 e. The van der Waals surface area contributed by atoms with Gasteiger partial charge in [0.2, 0.25) is 0 Å². The van der Waals surface area contributed by atoms with Crippen LogP contribution < -0.4 is 10.2 Å². The second-order valence-corrected chi connectivity index (χ2v) is 7.39. The van der Waals surface area contributed by atoms with Crippen LogP contribution in [0.15, 0.2) is 46.9 Å². The van der Waals surface area contributed by atoms with Gasteiger partial charge >= 0.3 is 0 Å². The van der Waals surface area contributed by atoms with Crippen molar-refractivity contribution in [2.45, 2.75) is 25.8 Å². The zero-order valence-corrected chi connectivity index (χ0v) is 16.1. The van der Waals surface area contributed by atoms with E-state index in [9.17, 15) is 4.79 Å². The minimum Gasteiger partial charge on any atom is -0.324 e. The largest absolute Gasteiger partial charge is 0.324 e. The van der Waals surface area contributed by atoms with Gasteiger partial charge in [-0.25, -0.2) is 0 Å². The van der Waals surface area contributed by atoms with Crippen molar-refractivity contribution in [2.75, 3.05) is 18.4 Å². The van der Waals surface area contributed by atoms with Gasteiger partial charge in [-0.05, 0) is 49.2 Å². The highest BCUT2D eigenvalue weighted by Crippen LogP contribution is 2.40. The number of carbonyl (C=O) groups is 1. The van der Waals surface area contributed by atoms with Gasteiger partial charge in [0.1, 0.15) is 0 Å². The molecule has 2 N–H and O–H groups in total. The molecule has 1 heterocycles. The van der Waals surface area contributed by atoms with Crippen LogP contribution in [0.1, 0.15) is 30.9 Å². The van der Waals surface area contributed by atoms with E-state index in [0.29, 0.717) is 5.02 Å². The fourth-order valence-corrected chi connectivity index (χ4v) is 4.26. The van der Waals surface area contributed by atoms with Crippen molar-refractivity contribution in [1.29, 1.82) is 0 Å². The number of fused-ring (bicyclic) bond motifs is 1. The topological polar surface area (TPSA) is 33.5 Å². The number of halogens is 2. The van der Waals surface area contributed by atoms with Crippen LogP contribution in [0.25, 0.3) is 0 Å². The van der Waals surface area contributed by atoms with Crippen molar-refractivity contribution in [3.8, 4) is 0 Å². The molecule has 3 nitrogen and oxygen atoms in total. The Balaban J connectivity index is 2.22. The summed E-state index contributed by atoms with van der Waals surface area (Å²) < 4.78 is 1.00. The monoisotopic (exact) mass is 407 g/mol. The van der Waals surface area contributed by atoms with Gasteiger partial charge in [0.15, 0.2) is 6.04 Å². The molecule has 5 heteroatoms. The van der Waals surface area contributed by atoms with E-state index in [1.165, 1.54) is 4.90 Å². The predicted octanol–water partition coefficient (Wildman–Crippen LogP) is 3.48. The Hall–Kier alpha value is -1.36. The molecule has 2 atom stereocenters. The van der Waals surface area contributed by atoms with Gasteiger partial charge in [-0.1, -0.05) is 45.7 Å². The molecular formula is C19H21BrClN2O+.